The van der Waals surface area contributed by atoms with Gasteiger partial charge in [-0.2, -0.15) is 0 Å². The van der Waals surface area contributed by atoms with Gasteiger partial charge in [-0.05, 0) is 18.8 Å². The van der Waals surface area contributed by atoms with Crippen LogP contribution in [0.2, 0.25) is 0 Å². The monoisotopic (exact) mass is 272 g/mol. The molecule has 2 rings (SSSR count). The maximum absolute atomic E-state index is 12.4. The Morgan fingerprint density at radius 1 is 1.39 bits per heavy atom. The highest BCUT2D eigenvalue weighted by molar-refractivity contribution is 8.00. The van der Waals surface area contributed by atoms with E-state index in [2.05, 4.69) is 13.8 Å². The van der Waals surface area contributed by atoms with Crippen LogP contribution in [0.1, 0.15) is 27.2 Å². The van der Waals surface area contributed by atoms with Gasteiger partial charge in [0.25, 0.3) is 0 Å². The van der Waals surface area contributed by atoms with E-state index in [0.29, 0.717) is 12.3 Å². The van der Waals surface area contributed by atoms with Crippen LogP contribution in [-0.2, 0) is 4.79 Å². The average molecular weight is 272 g/mol. The van der Waals surface area contributed by atoms with E-state index in [-0.39, 0.29) is 16.8 Å². The molecule has 2 atom stereocenters. The summed E-state index contributed by atoms with van der Waals surface area (Å²) in [7, 11) is 0. The molecule has 0 aromatic heterocycles. The van der Waals surface area contributed by atoms with Crippen molar-refractivity contribution in [3.8, 4) is 0 Å². The molecule has 6 heteroatoms. The van der Waals surface area contributed by atoms with E-state index in [9.17, 15) is 14.7 Å². The average Bonchev–Trinajstić information content (AvgIpc) is 2.80. The van der Waals surface area contributed by atoms with Crippen molar-refractivity contribution in [2.75, 3.05) is 18.8 Å². The van der Waals surface area contributed by atoms with E-state index in [0.717, 1.165) is 13.0 Å². The number of rotatable bonds is 1. The number of carboxylic acid groups (broad SMARTS) is 1. The molecule has 2 saturated heterocycles. The van der Waals surface area contributed by atoms with Gasteiger partial charge in [0, 0.05) is 18.8 Å². The summed E-state index contributed by atoms with van der Waals surface area (Å²) in [4.78, 5) is 26.9. The number of aliphatic carboxylic acids is 1. The third kappa shape index (κ3) is 2.43. The fourth-order valence-electron chi connectivity index (χ4n) is 2.56. The topological polar surface area (TPSA) is 60.9 Å². The molecule has 5 nitrogen and oxygen atoms in total. The van der Waals surface area contributed by atoms with Crippen LogP contribution in [0.15, 0.2) is 0 Å². The van der Waals surface area contributed by atoms with Crippen LogP contribution in [0.4, 0.5) is 4.79 Å². The fourth-order valence-corrected chi connectivity index (χ4v) is 3.72. The molecule has 0 saturated carbocycles. The second-order valence-corrected chi connectivity index (χ2v) is 7.16. The van der Waals surface area contributed by atoms with E-state index >= 15 is 0 Å². The summed E-state index contributed by atoms with van der Waals surface area (Å²) in [6.45, 7) is 7.61. The number of thioether (sulfide) groups is 1. The Bertz CT molecular complexity index is 372. The van der Waals surface area contributed by atoms with E-state index < -0.39 is 12.0 Å². The van der Waals surface area contributed by atoms with Gasteiger partial charge in [-0.1, -0.05) is 13.8 Å². The molecule has 0 radical (unpaired) electrons. The highest BCUT2D eigenvalue weighted by atomic mass is 32.2. The van der Waals surface area contributed by atoms with E-state index in [1.807, 2.05) is 6.92 Å². The van der Waals surface area contributed by atoms with Crippen molar-refractivity contribution < 1.29 is 14.7 Å². The second-order valence-electron chi connectivity index (χ2n) is 5.81. The number of nitrogens with zero attached hydrogens (tertiary/aromatic N) is 2. The molecule has 102 valence electrons. The molecule has 18 heavy (non-hydrogen) atoms. The number of carboxylic acids is 1. The summed E-state index contributed by atoms with van der Waals surface area (Å²) >= 11 is 1.53. The van der Waals surface area contributed by atoms with Gasteiger partial charge < -0.3 is 10.0 Å². The Kier molecular flexibility index (Phi) is 3.49. The van der Waals surface area contributed by atoms with Gasteiger partial charge in [0.15, 0.2) is 0 Å². The lowest BCUT2D eigenvalue weighted by molar-refractivity contribution is -0.141. The molecule has 0 aromatic rings. The highest BCUT2D eigenvalue weighted by Crippen LogP contribution is 2.34. The lowest BCUT2D eigenvalue weighted by atomic mass is 9.93. The lowest BCUT2D eigenvalue weighted by Gasteiger charge is -2.30. The quantitative estimate of drug-likeness (QED) is 0.789. The Hall–Kier alpha value is -0.910. The molecule has 1 N–H and O–H groups in total. The van der Waals surface area contributed by atoms with Gasteiger partial charge in [-0.3, -0.25) is 4.90 Å². The van der Waals surface area contributed by atoms with Crippen molar-refractivity contribution >= 4 is 23.8 Å². The first-order chi connectivity index (χ1) is 8.32. The molecular weight excluding hydrogens is 252 g/mol. The largest absolute Gasteiger partial charge is 0.480 e. The SMILES string of the molecule is CC1SCC(C(=O)O)N1C(=O)N1CCC(C)(C)C1. The number of hydrogen-bond donors (Lipinski definition) is 1. The molecule has 0 aliphatic carbocycles. The molecule has 2 unspecified atom stereocenters. The minimum Gasteiger partial charge on any atom is -0.480 e. The maximum Gasteiger partial charge on any atom is 0.327 e. The molecule has 2 fully saturated rings. The number of urea groups is 1. The number of likely N-dealkylation sites (tertiary alicyclic amines) is 1. The highest BCUT2D eigenvalue weighted by Gasteiger charge is 2.43. The molecular formula is C12H20N2O3S. The van der Waals surface area contributed by atoms with Crippen LogP contribution in [0.25, 0.3) is 0 Å². The normalized spacial score (nSPS) is 30.8. The first-order valence-corrected chi connectivity index (χ1v) is 7.28. The number of carbonyl (C=O) groups excluding carboxylic acids is 1. The molecule has 0 bridgehead atoms. The Labute approximate surface area is 112 Å². The van der Waals surface area contributed by atoms with E-state index in [1.54, 1.807) is 4.90 Å². The third-order valence-corrected chi connectivity index (χ3v) is 4.89. The van der Waals surface area contributed by atoms with Crippen molar-refractivity contribution in [1.82, 2.24) is 9.80 Å². The zero-order chi connectivity index (χ0) is 13.5. The summed E-state index contributed by atoms with van der Waals surface area (Å²) in [6, 6.07) is -0.799. The minimum atomic E-state index is -0.904. The standard InChI is InChI=1S/C12H20N2O3S/c1-8-14(9(6-18-8)10(15)16)11(17)13-5-4-12(2,3)7-13/h8-9H,4-7H2,1-3H3,(H,15,16). The summed E-state index contributed by atoms with van der Waals surface area (Å²) in [5.41, 5.74) is 0.143. The fraction of sp³-hybridized carbons (Fsp3) is 0.833. The van der Waals surface area contributed by atoms with Gasteiger partial charge in [-0.25, -0.2) is 9.59 Å². The summed E-state index contributed by atoms with van der Waals surface area (Å²) in [5, 5.41) is 9.12. The third-order valence-electron chi connectivity index (χ3n) is 3.68. The van der Waals surface area contributed by atoms with Gasteiger partial charge in [-0.15, -0.1) is 11.8 Å². The Morgan fingerprint density at radius 3 is 2.56 bits per heavy atom. The number of amides is 2. The van der Waals surface area contributed by atoms with Crippen LogP contribution in [0, 0.1) is 5.41 Å². The molecule has 2 aliphatic heterocycles. The van der Waals surface area contributed by atoms with Gasteiger partial charge in [0.1, 0.15) is 6.04 Å². The Morgan fingerprint density at radius 2 is 2.06 bits per heavy atom. The van der Waals surface area contributed by atoms with Gasteiger partial charge >= 0.3 is 12.0 Å². The van der Waals surface area contributed by atoms with Crippen molar-refractivity contribution in [2.45, 2.75) is 38.6 Å². The van der Waals surface area contributed by atoms with Gasteiger partial charge in [0.05, 0.1) is 5.37 Å². The number of carbonyl (C=O) groups is 2. The van der Waals surface area contributed by atoms with Crippen molar-refractivity contribution in [1.29, 1.82) is 0 Å². The predicted molar refractivity (Wildman–Crippen MR) is 70.5 cm³/mol. The van der Waals surface area contributed by atoms with Crippen LogP contribution in [0.3, 0.4) is 0 Å². The smallest absolute Gasteiger partial charge is 0.327 e. The maximum atomic E-state index is 12.4. The van der Waals surface area contributed by atoms with Crippen molar-refractivity contribution in [3.63, 3.8) is 0 Å². The Balaban J connectivity index is 2.10. The number of hydrogen-bond acceptors (Lipinski definition) is 3. The van der Waals surface area contributed by atoms with Crippen molar-refractivity contribution in [3.05, 3.63) is 0 Å². The molecule has 0 aromatic carbocycles. The lowest BCUT2D eigenvalue weighted by Crippen LogP contribution is -2.50. The molecule has 2 aliphatic rings. The first-order valence-electron chi connectivity index (χ1n) is 6.23. The molecule has 2 amide bonds. The predicted octanol–water partition coefficient (Wildman–Crippen LogP) is 1.69. The summed E-state index contributed by atoms with van der Waals surface area (Å²) in [6.07, 6.45) is 0.978. The van der Waals surface area contributed by atoms with Crippen LogP contribution in [0.5, 0.6) is 0 Å². The summed E-state index contributed by atoms with van der Waals surface area (Å²) in [5.74, 6) is -0.418. The second kappa shape index (κ2) is 4.64. The van der Waals surface area contributed by atoms with Crippen LogP contribution >= 0.6 is 11.8 Å². The molecule has 2 heterocycles. The molecule has 0 spiro atoms. The van der Waals surface area contributed by atoms with Gasteiger partial charge in [0.2, 0.25) is 0 Å². The minimum absolute atomic E-state index is 0.0534. The van der Waals surface area contributed by atoms with E-state index in [4.69, 9.17) is 0 Å². The van der Waals surface area contributed by atoms with Crippen LogP contribution in [-0.4, -0.2) is 57.2 Å². The zero-order valence-corrected chi connectivity index (χ0v) is 11.9. The zero-order valence-electron chi connectivity index (χ0n) is 11.0. The first kappa shape index (κ1) is 13.5. The van der Waals surface area contributed by atoms with Crippen molar-refractivity contribution in [2.24, 2.45) is 5.41 Å². The van der Waals surface area contributed by atoms with Crippen LogP contribution < -0.4 is 0 Å². The van der Waals surface area contributed by atoms with E-state index in [1.165, 1.54) is 16.7 Å². The summed E-state index contributed by atoms with van der Waals surface area (Å²) < 4.78 is 0.